The molecular formula is C19H23F3N4O3. The molecule has 1 aromatic carbocycles. The van der Waals surface area contributed by atoms with Crippen LogP contribution in [0.3, 0.4) is 0 Å². The fourth-order valence-corrected chi connectivity index (χ4v) is 3.40. The second kappa shape index (κ2) is 8.11. The molecule has 2 atom stereocenters. The molecule has 0 saturated carbocycles. The number of hydrogen-bond acceptors (Lipinski definition) is 5. The Morgan fingerprint density at radius 1 is 1.38 bits per heavy atom. The summed E-state index contributed by atoms with van der Waals surface area (Å²) in [5, 5.41) is 20.1. The molecule has 0 spiro atoms. The molecule has 0 bridgehead atoms. The van der Waals surface area contributed by atoms with Gasteiger partial charge in [0.1, 0.15) is 6.54 Å². The Bertz CT molecular complexity index is 972. The molecule has 1 aliphatic rings. The molecule has 1 amide bonds. The number of amides is 1. The third-order valence-corrected chi connectivity index (χ3v) is 4.95. The molecule has 7 nitrogen and oxygen atoms in total. The number of fused-ring (bicyclic) bond motifs is 1. The van der Waals surface area contributed by atoms with Gasteiger partial charge in [0.2, 0.25) is 5.91 Å². The molecule has 1 fully saturated rings. The summed E-state index contributed by atoms with van der Waals surface area (Å²) in [6.07, 6.45) is -4.72. The Hall–Kier alpha value is -2.46. The zero-order valence-electron chi connectivity index (χ0n) is 16.1. The van der Waals surface area contributed by atoms with Crippen molar-refractivity contribution in [3.63, 3.8) is 0 Å². The number of aliphatic hydroxyl groups excluding tert-OH is 1. The second-order valence-corrected chi connectivity index (χ2v) is 7.50. The van der Waals surface area contributed by atoms with Gasteiger partial charge in [0.25, 0.3) is 5.56 Å². The van der Waals surface area contributed by atoms with Crippen LogP contribution in [0.15, 0.2) is 23.0 Å². The monoisotopic (exact) mass is 412 g/mol. The fourth-order valence-electron chi connectivity index (χ4n) is 3.40. The molecule has 2 aromatic rings. The quantitative estimate of drug-likeness (QED) is 0.705. The van der Waals surface area contributed by atoms with Gasteiger partial charge in [0.15, 0.2) is 0 Å². The molecule has 0 aliphatic carbocycles. The van der Waals surface area contributed by atoms with Crippen molar-refractivity contribution in [2.24, 2.45) is 0 Å². The Kier molecular flexibility index (Phi) is 5.95. The summed E-state index contributed by atoms with van der Waals surface area (Å²) >= 11 is 0. The third kappa shape index (κ3) is 4.59. The number of carbonyl (C=O) groups is 1. The third-order valence-electron chi connectivity index (χ3n) is 4.95. The van der Waals surface area contributed by atoms with Gasteiger partial charge in [-0.2, -0.15) is 18.3 Å². The lowest BCUT2D eigenvalue weighted by atomic mass is 10.0. The molecular weight excluding hydrogens is 389 g/mol. The van der Waals surface area contributed by atoms with Crippen LogP contribution >= 0.6 is 0 Å². The lowest BCUT2D eigenvalue weighted by Crippen LogP contribution is -2.54. The maximum atomic E-state index is 13.1. The summed E-state index contributed by atoms with van der Waals surface area (Å²) in [6, 6.07) is 2.42. The average Bonchev–Trinajstić information content (AvgIpc) is 2.64. The van der Waals surface area contributed by atoms with Gasteiger partial charge in [-0.3, -0.25) is 9.59 Å². The van der Waals surface area contributed by atoms with Gasteiger partial charge in [-0.1, -0.05) is 13.8 Å². The van der Waals surface area contributed by atoms with Gasteiger partial charge < -0.3 is 15.7 Å². The summed E-state index contributed by atoms with van der Waals surface area (Å²) in [5.74, 6) is -0.770. The van der Waals surface area contributed by atoms with Crippen LogP contribution in [-0.4, -0.2) is 46.0 Å². The molecule has 2 unspecified atom stereocenters. The van der Waals surface area contributed by atoms with E-state index in [1.165, 1.54) is 0 Å². The van der Waals surface area contributed by atoms with Crippen molar-refractivity contribution in [3.8, 4) is 0 Å². The number of nitrogens with zero attached hydrogens (tertiary/aromatic N) is 2. The van der Waals surface area contributed by atoms with Crippen molar-refractivity contribution in [3.05, 3.63) is 39.8 Å². The van der Waals surface area contributed by atoms with E-state index >= 15 is 0 Å². The smallest absolute Gasteiger partial charge is 0.391 e. The highest BCUT2D eigenvalue weighted by atomic mass is 19.4. The lowest BCUT2D eigenvalue weighted by Gasteiger charge is -2.29. The van der Waals surface area contributed by atoms with Crippen LogP contribution in [0.25, 0.3) is 10.8 Å². The van der Waals surface area contributed by atoms with Gasteiger partial charge in [-0.25, -0.2) is 4.68 Å². The van der Waals surface area contributed by atoms with Crippen LogP contribution in [-0.2, 0) is 17.5 Å². The average molecular weight is 412 g/mol. The van der Waals surface area contributed by atoms with Crippen LogP contribution < -0.4 is 16.2 Å². The van der Waals surface area contributed by atoms with E-state index in [1.807, 2.05) is 0 Å². The van der Waals surface area contributed by atoms with Crippen LogP contribution in [0.2, 0.25) is 0 Å². The van der Waals surface area contributed by atoms with E-state index in [9.17, 15) is 27.9 Å². The number of carbonyl (C=O) groups excluding carboxylic acids is 1. The number of benzene rings is 1. The zero-order valence-corrected chi connectivity index (χ0v) is 16.1. The number of aromatic nitrogens is 2. The van der Waals surface area contributed by atoms with Crippen molar-refractivity contribution in [1.29, 1.82) is 0 Å². The van der Waals surface area contributed by atoms with Crippen molar-refractivity contribution >= 4 is 16.7 Å². The van der Waals surface area contributed by atoms with E-state index in [2.05, 4.69) is 15.7 Å². The molecule has 158 valence electrons. The first-order valence-electron chi connectivity index (χ1n) is 9.38. The first kappa shape index (κ1) is 21.3. The molecule has 3 rings (SSSR count). The highest BCUT2D eigenvalue weighted by molar-refractivity contribution is 5.85. The Labute approximate surface area is 164 Å². The van der Waals surface area contributed by atoms with Crippen molar-refractivity contribution in [2.45, 2.75) is 51.1 Å². The van der Waals surface area contributed by atoms with E-state index in [1.54, 1.807) is 13.8 Å². The number of aliphatic hydroxyl groups is 1. The molecule has 10 heteroatoms. The van der Waals surface area contributed by atoms with E-state index in [-0.39, 0.29) is 16.7 Å². The topological polar surface area (TPSA) is 96.2 Å². The maximum Gasteiger partial charge on any atom is 0.416 e. The van der Waals surface area contributed by atoms with Crippen LogP contribution in [0.5, 0.6) is 0 Å². The summed E-state index contributed by atoms with van der Waals surface area (Å²) in [4.78, 5) is 25.1. The van der Waals surface area contributed by atoms with Crippen molar-refractivity contribution in [1.82, 2.24) is 20.4 Å². The first-order chi connectivity index (χ1) is 13.6. The van der Waals surface area contributed by atoms with Crippen LogP contribution in [0.1, 0.15) is 37.4 Å². The van der Waals surface area contributed by atoms with Crippen molar-refractivity contribution < 1.29 is 23.1 Å². The lowest BCUT2D eigenvalue weighted by molar-refractivity contribution is -0.137. The van der Waals surface area contributed by atoms with Crippen LogP contribution in [0, 0.1) is 0 Å². The Balaban J connectivity index is 1.95. The predicted octanol–water partition coefficient (Wildman–Crippen LogP) is 1.38. The van der Waals surface area contributed by atoms with Gasteiger partial charge in [-0.15, -0.1) is 0 Å². The zero-order chi connectivity index (χ0) is 21.3. The minimum Gasteiger partial charge on any atom is -0.391 e. The first-order valence-corrected chi connectivity index (χ1v) is 9.38. The molecule has 1 aromatic heterocycles. The standard InChI is InChI=1S/C19H23F3N4O3/c1-10(2)17-13-7-11(19(20,21)22)3-4-12(13)18(29)26(25-17)9-16(28)24-14-8-23-6-5-15(14)27/h3-4,7,10,14-15,23,27H,5-6,8-9H2,1-2H3,(H,24,28). The van der Waals surface area contributed by atoms with E-state index in [4.69, 9.17) is 0 Å². The van der Waals surface area contributed by atoms with Gasteiger partial charge in [-0.05, 0) is 37.1 Å². The van der Waals surface area contributed by atoms with Crippen LogP contribution in [0.4, 0.5) is 13.2 Å². The molecule has 3 N–H and O–H groups in total. The van der Waals surface area contributed by atoms with E-state index in [0.717, 1.165) is 22.9 Å². The molecule has 1 aliphatic heterocycles. The summed E-state index contributed by atoms with van der Waals surface area (Å²) in [6.45, 7) is 4.17. The number of halogens is 3. The minimum absolute atomic E-state index is 0.0730. The Morgan fingerprint density at radius 2 is 2.10 bits per heavy atom. The van der Waals surface area contributed by atoms with Gasteiger partial charge in [0, 0.05) is 11.9 Å². The number of piperidine rings is 1. The number of alkyl halides is 3. The molecule has 1 saturated heterocycles. The van der Waals surface area contributed by atoms with E-state index < -0.39 is 41.9 Å². The summed E-state index contributed by atoms with van der Waals surface area (Å²) < 4.78 is 40.2. The summed E-state index contributed by atoms with van der Waals surface area (Å²) in [7, 11) is 0. The minimum atomic E-state index is -4.54. The largest absolute Gasteiger partial charge is 0.416 e. The highest BCUT2D eigenvalue weighted by Gasteiger charge is 2.31. The normalized spacial score (nSPS) is 20.2. The highest BCUT2D eigenvalue weighted by Crippen LogP contribution is 2.32. The van der Waals surface area contributed by atoms with E-state index in [0.29, 0.717) is 25.2 Å². The molecule has 0 radical (unpaired) electrons. The SMILES string of the molecule is CC(C)c1nn(CC(=O)NC2CNCCC2O)c(=O)c2ccc(C(F)(F)F)cc12. The van der Waals surface area contributed by atoms with Crippen molar-refractivity contribution in [2.75, 3.05) is 13.1 Å². The number of rotatable bonds is 4. The number of hydrogen-bond donors (Lipinski definition) is 3. The maximum absolute atomic E-state index is 13.1. The predicted molar refractivity (Wildman–Crippen MR) is 101 cm³/mol. The molecule has 29 heavy (non-hydrogen) atoms. The summed E-state index contributed by atoms with van der Waals surface area (Å²) in [5.41, 5.74) is -1.20. The van der Waals surface area contributed by atoms with Gasteiger partial charge >= 0.3 is 6.18 Å². The Morgan fingerprint density at radius 3 is 2.72 bits per heavy atom. The number of nitrogens with one attached hydrogen (secondary N) is 2. The fraction of sp³-hybridized carbons (Fsp3) is 0.526. The van der Waals surface area contributed by atoms with Gasteiger partial charge in [0.05, 0.1) is 28.8 Å². The molecule has 2 heterocycles. The second-order valence-electron chi connectivity index (χ2n) is 7.50.